The number of aromatic nitrogens is 4. The second-order valence-electron chi connectivity index (χ2n) is 6.26. The summed E-state index contributed by atoms with van der Waals surface area (Å²) in [5.74, 6) is 2.31. The zero-order valence-corrected chi connectivity index (χ0v) is 12.6. The highest BCUT2D eigenvalue weighted by molar-refractivity contribution is 5.09. The minimum absolute atomic E-state index is 0.402. The molecule has 116 valence electrons. The molecule has 1 atom stereocenters. The van der Waals surface area contributed by atoms with Crippen LogP contribution in [-0.2, 0) is 19.5 Å². The zero-order chi connectivity index (χ0) is 14.9. The number of hydrogen-bond donors (Lipinski definition) is 0. The van der Waals surface area contributed by atoms with E-state index >= 15 is 0 Å². The second-order valence-corrected chi connectivity index (χ2v) is 6.26. The van der Waals surface area contributed by atoms with Crippen LogP contribution in [0.2, 0.25) is 0 Å². The molecule has 2 aliphatic rings. The van der Waals surface area contributed by atoms with Crippen molar-refractivity contribution in [3.05, 3.63) is 41.5 Å². The quantitative estimate of drug-likeness (QED) is 0.815. The first-order valence-electron chi connectivity index (χ1n) is 8.05. The van der Waals surface area contributed by atoms with Crippen LogP contribution in [0.3, 0.4) is 0 Å². The molecule has 6 heteroatoms. The maximum absolute atomic E-state index is 13.2. The predicted octanol–water partition coefficient (Wildman–Crippen LogP) is 2.14. The van der Waals surface area contributed by atoms with Gasteiger partial charge in [-0.2, -0.15) is 4.39 Å². The van der Waals surface area contributed by atoms with E-state index in [9.17, 15) is 4.39 Å². The highest BCUT2D eigenvalue weighted by Crippen LogP contribution is 2.28. The molecule has 4 rings (SSSR count). The number of hydrogen-bond acceptors (Lipinski definition) is 4. The summed E-state index contributed by atoms with van der Waals surface area (Å²) in [6.45, 7) is 3.75. The third-order valence-electron chi connectivity index (χ3n) is 4.67. The first-order valence-corrected chi connectivity index (χ1v) is 8.05. The third kappa shape index (κ3) is 2.63. The van der Waals surface area contributed by atoms with Crippen molar-refractivity contribution in [1.82, 2.24) is 24.6 Å². The van der Waals surface area contributed by atoms with Crippen molar-refractivity contribution in [2.45, 2.75) is 44.7 Å². The van der Waals surface area contributed by atoms with E-state index < -0.39 is 5.95 Å². The Bertz CT molecular complexity index is 668. The number of rotatable bonds is 3. The molecule has 1 fully saturated rings. The lowest BCUT2D eigenvalue weighted by Crippen LogP contribution is -2.35. The number of halogens is 1. The number of fused-ring (bicyclic) bond motifs is 1. The average Bonchev–Trinajstić information content (AvgIpc) is 3.10. The highest BCUT2D eigenvalue weighted by Gasteiger charge is 2.28. The van der Waals surface area contributed by atoms with E-state index in [2.05, 4.69) is 24.6 Å². The summed E-state index contributed by atoms with van der Waals surface area (Å²) in [5, 5.41) is 8.75. The Morgan fingerprint density at radius 2 is 2.14 bits per heavy atom. The van der Waals surface area contributed by atoms with Crippen LogP contribution in [0.5, 0.6) is 0 Å². The fourth-order valence-corrected chi connectivity index (χ4v) is 3.65. The molecule has 22 heavy (non-hydrogen) atoms. The molecule has 0 unspecified atom stereocenters. The van der Waals surface area contributed by atoms with Crippen molar-refractivity contribution in [3.63, 3.8) is 0 Å². The van der Waals surface area contributed by atoms with Crippen LogP contribution >= 0.6 is 0 Å². The Morgan fingerprint density at radius 1 is 1.18 bits per heavy atom. The molecule has 0 bridgehead atoms. The van der Waals surface area contributed by atoms with Gasteiger partial charge in [0.1, 0.15) is 11.6 Å². The van der Waals surface area contributed by atoms with E-state index in [0.717, 1.165) is 56.2 Å². The van der Waals surface area contributed by atoms with Gasteiger partial charge in [0.05, 0.1) is 5.69 Å². The summed E-state index contributed by atoms with van der Waals surface area (Å²) >= 11 is 0. The van der Waals surface area contributed by atoms with Crippen molar-refractivity contribution in [3.8, 4) is 0 Å². The standard InChI is InChI=1S/C16H20FN5/c17-14-6-1-5-13(18-14)11-21-8-2-4-12(10-21)16-20-19-15-7-3-9-22(15)16/h1,5-6,12H,2-4,7-11H2/t12-/m0/s1. The van der Waals surface area contributed by atoms with Gasteiger partial charge in [-0.25, -0.2) is 4.98 Å². The molecule has 0 aromatic carbocycles. The molecule has 0 amide bonds. The van der Waals surface area contributed by atoms with Gasteiger partial charge in [0.2, 0.25) is 5.95 Å². The molecule has 0 N–H and O–H groups in total. The third-order valence-corrected chi connectivity index (χ3v) is 4.67. The van der Waals surface area contributed by atoms with Crippen molar-refractivity contribution >= 4 is 0 Å². The van der Waals surface area contributed by atoms with E-state index in [1.165, 1.54) is 12.5 Å². The Labute approximate surface area is 129 Å². The predicted molar refractivity (Wildman–Crippen MR) is 79.8 cm³/mol. The van der Waals surface area contributed by atoms with Crippen LogP contribution in [-0.4, -0.2) is 37.7 Å². The van der Waals surface area contributed by atoms with Gasteiger partial charge in [0, 0.05) is 32.0 Å². The van der Waals surface area contributed by atoms with Crippen LogP contribution in [0.25, 0.3) is 0 Å². The van der Waals surface area contributed by atoms with Crippen LogP contribution < -0.4 is 0 Å². The Balaban J connectivity index is 1.47. The van der Waals surface area contributed by atoms with Gasteiger partial charge in [-0.1, -0.05) is 6.07 Å². The number of nitrogens with zero attached hydrogens (tertiary/aromatic N) is 5. The maximum atomic E-state index is 13.2. The van der Waals surface area contributed by atoms with Crippen molar-refractivity contribution in [2.75, 3.05) is 13.1 Å². The minimum atomic E-state index is -0.402. The van der Waals surface area contributed by atoms with E-state index in [1.54, 1.807) is 6.07 Å². The zero-order valence-electron chi connectivity index (χ0n) is 12.6. The molecule has 0 aliphatic carbocycles. The summed E-state index contributed by atoms with van der Waals surface area (Å²) in [6.07, 6.45) is 4.53. The molecule has 0 saturated carbocycles. The topological polar surface area (TPSA) is 46.8 Å². The average molecular weight is 301 g/mol. The van der Waals surface area contributed by atoms with E-state index in [4.69, 9.17) is 0 Å². The monoisotopic (exact) mass is 301 g/mol. The SMILES string of the molecule is Fc1cccc(CN2CCC[C@H](c3nnc4n3CCC4)C2)n1. The molecule has 4 heterocycles. The number of piperidine rings is 1. The number of aryl methyl sites for hydroxylation is 1. The Hall–Kier alpha value is -1.82. The molecule has 2 aliphatic heterocycles. The van der Waals surface area contributed by atoms with Crippen LogP contribution in [0.1, 0.15) is 42.5 Å². The Morgan fingerprint density at radius 3 is 3.05 bits per heavy atom. The summed E-state index contributed by atoms with van der Waals surface area (Å²) in [5.41, 5.74) is 0.798. The lowest BCUT2D eigenvalue weighted by molar-refractivity contribution is 0.192. The van der Waals surface area contributed by atoms with Crippen LogP contribution in [0.15, 0.2) is 18.2 Å². The fraction of sp³-hybridized carbons (Fsp3) is 0.562. The van der Waals surface area contributed by atoms with Gasteiger partial charge in [-0.3, -0.25) is 4.90 Å². The molecular formula is C16H20FN5. The van der Waals surface area contributed by atoms with Crippen molar-refractivity contribution < 1.29 is 4.39 Å². The fourth-order valence-electron chi connectivity index (χ4n) is 3.65. The number of pyridine rings is 1. The highest BCUT2D eigenvalue weighted by atomic mass is 19.1. The van der Waals surface area contributed by atoms with Gasteiger partial charge in [-0.15, -0.1) is 10.2 Å². The molecule has 2 aromatic heterocycles. The summed E-state index contributed by atoms with van der Waals surface area (Å²) in [7, 11) is 0. The van der Waals surface area contributed by atoms with Crippen LogP contribution in [0.4, 0.5) is 4.39 Å². The van der Waals surface area contributed by atoms with Crippen molar-refractivity contribution in [1.29, 1.82) is 0 Å². The largest absolute Gasteiger partial charge is 0.315 e. The van der Waals surface area contributed by atoms with E-state index in [0.29, 0.717) is 12.5 Å². The minimum Gasteiger partial charge on any atom is -0.315 e. The van der Waals surface area contributed by atoms with Gasteiger partial charge < -0.3 is 4.57 Å². The summed E-state index contributed by atoms with van der Waals surface area (Å²) in [4.78, 5) is 6.33. The molecular weight excluding hydrogens is 281 g/mol. The van der Waals surface area contributed by atoms with Gasteiger partial charge in [-0.05, 0) is 37.9 Å². The molecule has 1 saturated heterocycles. The maximum Gasteiger partial charge on any atom is 0.213 e. The van der Waals surface area contributed by atoms with Gasteiger partial charge in [0.25, 0.3) is 0 Å². The molecule has 0 spiro atoms. The van der Waals surface area contributed by atoms with Gasteiger partial charge in [0.15, 0.2) is 0 Å². The smallest absolute Gasteiger partial charge is 0.213 e. The summed E-state index contributed by atoms with van der Waals surface area (Å²) in [6, 6.07) is 5.01. The molecule has 0 radical (unpaired) electrons. The number of likely N-dealkylation sites (tertiary alicyclic amines) is 1. The van der Waals surface area contributed by atoms with Gasteiger partial charge >= 0.3 is 0 Å². The summed E-state index contributed by atoms with van der Waals surface area (Å²) < 4.78 is 15.5. The first kappa shape index (κ1) is 13.8. The van der Waals surface area contributed by atoms with E-state index in [1.807, 2.05) is 6.07 Å². The van der Waals surface area contributed by atoms with E-state index in [-0.39, 0.29) is 0 Å². The van der Waals surface area contributed by atoms with Crippen molar-refractivity contribution in [2.24, 2.45) is 0 Å². The first-order chi connectivity index (χ1) is 10.8. The molecule has 5 nitrogen and oxygen atoms in total. The lowest BCUT2D eigenvalue weighted by Gasteiger charge is -2.32. The molecule has 2 aromatic rings. The normalized spacial score (nSPS) is 22.0. The lowest BCUT2D eigenvalue weighted by atomic mass is 9.97. The second kappa shape index (κ2) is 5.76. The van der Waals surface area contributed by atoms with Crippen LogP contribution in [0, 0.1) is 5.95 Å². The Kier molecular flexibility index (Phi) is 3.62.